The quantitative estimate of drug-likeness (QED) is 0.163. The third-order valence-electron chi connectivity index (χ3n) is 11.2. The predicted octanol–water partition coefficient (Wildman–Crippen LogP) is 13.9. The Morgan fingerprint density at radius 2 is 0.603 bits per heavy atom. The average molecular weight is 741 g/mol. The van der Waals surface area contributed by atoms with Gasteiger partial charge < -0.3 is 9.13 Å². The fourth-order valence-electron chi connectivity index (χ4n) is 8.37. The molecule has 11 aromatic rings. The first-order valence-electron chi connectivity index (χ1n) is 19.7. The molecule has 58 heavy (non-hydrogen) atoms. The highest BCUT2D eigenvalue weighted by Gasteiger charge is 2.20. The number of hydrogen-bond donors (Lipinski definition) is 0. The van der Waals surface area contributed by atoms with Crippen LogP contribution in [0.2, 0.25) is 0 Å². The van der Waals surface area contributed by atoms with E-state index in [9.17, 15) is 0 Å². The molecule has 4 heterocycles. The highest BCUT2D eigenvalue weighted by Crippen LogP contribution is 2.41. The summed E-state index contributed by atoms with van der Waals surface area (Å²) in [6.07, 6.45) is 4.45. The average Bonchev–Trinajstić information content (AvgIpc) is 3.96. The molecular weight excluding hydrogens is 705 g/mol. The lowest BCUT2D eigenvalue weighted by Gasteiger charge is -2.16. The summed E-state index contributed by atoms with van der Waals surface area (Å²) < 4.78 is 4.71. The van der Waals surface area contributed by atoms with Crippen molar-refractivity contribution in [1.29, 1.82) is 0 Å². The van der Waals surface area contributed by atoms with E-state index in [2.05, 4.69) is 228 Å². The van der Waals surface area contributed by atoms with Gasteiger partial charge in [-0.25, -0.2) is 9.97 Å². The topological polar surface area (TPSA) is 35.6 Å². The van der Waals surface area contributed by atoms with Crippen LogP contribution in [-0.4, -0.2) is 19.1 Å². The fourth-order valence-corrected chi connectivity index (χ4v) is 8.37. The van der Waals surface area contributed by atoms with Gasteiger partial charge in [0.2, 0.25) is 0 Å². The molecule has 7 aromatic carbocycles. The summed E-state index contributed by atoms with van der Waals surface area (Å²) >= 11 is 0. The van der Waals surface area contributed by atoms with E-state index >= 15 is 0 Å². The molecule has 0 N–H and O–H groups in total. The number of pyridine rings is 2. The maximum Gasteiger partial charge on any atom is 0.0730 e. The van der Waals surface area contributed by atoms with Crippen LogP contribution in [0.1, 0.15) is 0 Å². The first-order valence-corrected chi connectivity index (χ1v) is 19.7. The second-order valence-corrected chi connectivity index (χ2v) is 14.7. The molecular formula is C54H36N4. The Morgan fingerprint density at radius 3 is 1.00 bits per heavy atom. The number of fused-ring (bicyclic) bond motifs is 6. The Kier molecular flexibility index (Phi) is 8.11. The van der Waals surface area contributed by atoms with E-state index in [4.69, 9.17) is 9.97 Å². The predicted molar refractivity (Wildman–Crippen MR) is 240 cm³/mol. The SMILES string of the molecule is c1ccc(-c2ccc3c(c2)c2ccn(-c4cc(-c5ccccc5)nc(-c5ccccc5)c4)c2c2ccn(-c4cc(-c5ccccc5)nc(-c5ccccc5)c4)c32)cc1. The highest BCUT2D eigenvalue weighted by molar-refractivity contribution is 6.25. The third kappa shape index (κ3) is 5.87. The molecule has 11 rings (SSSR count). The Hall–Kier alpha value is -7.82. The summed E-state index contributed by atoms with van der Waals surface area (Å²) in [7, 11) is 0. The molecule has 0 unspecified atom stereocenters. The molecule has 272 valence electrons. The summed E-state index contributed by atoms with van der Waals surface area (Å²) in [5.74, 6) is 0. The van der Waals surface area contributed by atoms with Crippen LogP contribution in [-0.2, 0) is 0 Å². The second kappa shape index (κ2) is 14.0. The first kappa shape index (κ1) is 33.5. The van der Waals surface area contributed by atoms with Crippen LogP contribution in [0.4, 0.5) is 0 Å². The molecule has 0 aliphatic rings. The van der Waals surface area contributed by atoms with Crippen LogP contribution >= 0.6 is 0 Å². The lowest BCUT2D eigenvalue weighted by molar-refractivity contribution is 1.11. The molecule has 0 spiro atoms. The number of hydrogen-bond acceptors (Lipinski definition) is 2. The van der Waals surface area contributed by atoms with Gasteiger partial charge >= 0.3 is 0 Å². The van der Waals surface area contributed by atoms with Gasteiger partial charge in [0.1, 0.15) is 0 Å². The van der Waals surface area contributed by atoms with Crippen LogP contribution in [0.15, 0.2) is 219 Å². The molecule has 0 saturated heterocycles. The third-order valence-corrected chi connectivity index (χ3v) is 11.2. The molecule has 0 radical (unpaired) electrons. The van der Waals surface area contributed by atoms with Crippen LogP contribution < -0.4 is 0 Å². The fraction of sp³-hybridized carbons (Fsp3) is 0. The summed E-state index contributed by atoms with van der Waals surface area (Å²) in [6.45, 7) is 0. The summed E-state index contributed by atoms with van der Waals surface area (Å²) in [5, 5.41) is 4.75. The smallest absolute Gasteiger partial charge is 0.0730 e. The van der Waals surface area contributed by atoms with Gasteiger partial charge in [-0.15, -0.1) is 0 Å². The van der Waals surface area contributed by atoms with E-state index in [0.717, 1.165) is 67.4 Å². The minimum atomic E-state index is 0.928. The highest BCUT2D eigenvalue weighted by atomic mass is 15.0. The lowest BCUT2D eigenvalue weighted by atomic mass is 9.97. The normalized spacial score (nSPS) is 11.4. The molecule has 0 amide bonds. The Labute approximate surface area is 336 Å². The van der Waals surface area contributed by atoms with E-state index in [1.165, 1.54) is 32.7 Å². The van der Waals surface area contributed by atoms with Gasteiger partial charge in [-0.1, -0.05) is 164 Å². The second-order valence-electron chi connectivity index (χ2n) is 14.7. The largest absolute Gasteiger partial charge is 0.316 e. The van der Waals surface area contributed by atoms with Crippen molar-refractivity contribution in [3.05, 3.63) is 219 Å². The van der Waals surface area contributed by atoms with Crippen molar-refractivity contribution >= 4 is 32.6 Å². The van der Waals surface area contributed by atoms with Crippen molar-refractivity contribution < 1.29 is 0 Å². The number of benzene rings is 7. The molecule has 0 aliphatic carbocycles. The van der Waals surface area contributed by atoms with Crippen LogP contribution in [0.5, 0.6) is 0 Å². The zero-order chi connectivity index (χ0) is 38.4. The zero-order valence-corrected chi connectivity index (χ0v) is 31.6. The van der Waals surface area contributed by atoms with Crippen LogP contribution in [0.3, 0.4) is 0 Å². The summed E-state index contributed by atoms with van der Waals surface area (Å²) in [4.78, 5) is 10.4. The van der Waals surface area contributed by atoms with Crippen molar-refractivity contribution in [2.45, 2.75) is 0 Å². The first-order chi connectivity index (χ1) is 28.7. The minimum Gasteiger partial charge on any atom is -0.316 e. The number of nitrogens with zero attached hydrogens (tertiary/aromatic N) is 4. The van der Waals surface area contributed by atoms with E-state index in [0.29, 0.717) is 0 Å². The van der Waals surface area contributed by atoms with Crippen molar-refractivity contribution in [2.75, 3.05) is 0 Å². The van der Waals surface area contributed by atoms with Gasteiger partial charge in [0.15, 0.2) is 0 Å². The van der Waals surface area contributed by atoms with Crippen LogP contribution in [0.25, 0.3) is 100 Å². The maximum absolute atomic E-state index is 5.21. The van der Waals surface area contributed by atoms with Crippen molar-refractivity contribution in [3.63, 3.8) is 0 Å². The van der Waals surface area contributed by atoms with Crippen molar-refractivity contribution in [1.82, 2.24) is 19.1 Å². The monoisotopic (exact) mass is 740 g/mol. The minimum absolute atomic E-state index is 0.928. The van der Waals surface area contributed by atoms with E-state index in [-0.39, 0.29) is 0 Å². The zero-order valence-electron chi connectivity index (χ0n) is 31.6. The molecule has 0 aliphatic heterocycles. The number of rotatable bonds is 7. The summed E-state index contributed by atoms with van der Waals surface area (Å²) in [6, 6.07) is 72.9. The van der Waals surface area contributed by atoms with Gasteiger partial charge in [-0.3, -0.25) is 0 Å². The van der Waals surface area contributed by atoms with Gasteiger partial charge in [-0.2, -0.15) is 0 Å². The molecule has 4 aromatic heterocycles. The Morgan fingerprint density at radius 1 is 0.259 bits per heavy atom. The molecule has 4 nitrogen and oxygen atoms in total. The standard InChI is InChI=1S/C54H36N4/c1-6-16-37(17-7-1)42-26-27-45-48(32-42)46-28-30-57(43-33-49(38-18-8-2-9-19-38)55-50(34-43)39-20-10-3-11-21-39)54(46)47-29-31-58(53(45)47)44-35-51(40-22-12-4-13-23-40)56-52(36-44)41-24-14-5-15-25-41/h1-36H. The maximum atomic E-state index is 5.21. The van der Waals surface area contributed by atoms with E-state index in [1.54, 1.807) is 0 Å². The molecule has 0 saturated carbocycles. The molecule has 0 fully saturated rings. The Balaban J connectivity index is 1.21. The van der Waals surface area contributed by atoms with Crippen molar-refractivity contribution in [3.8, 4) is 67.5 Å². The summed E-state index contributed by atoms with van der Waals surface area (Å²) in [5.41, 5.74) is 14.8. The Bertz CT molecular complexity index is 3130. The van der Waals surface area contributed by atoms with Gasteiger partial charge in [0.25, 0.3) is 0 Å². The van der Waals surface area contributed by atoms with E-state index in [1.807, 2.05) is 0 Å². The lowest BCUT2D eigenvalue weighted by Crippen LogP contribution is -1.99. The van der Waals surface area contributed by atoms with Crippen molar-refractivity contribution in [2.24, 2.45) is 0 Å². The van der Waals surface area contributed by atoms with Crippen LogP contribution in [0, 0.1) is 0 Å². The number of aromatic nitrogens is 4. The molecule has 0 bridgehead atoms. The molecule has 4 heteroatoms. The molecule has 0 atom stereocenters. The van der Waals surface area contributed by atoms with Gasteiger partial charge in [0.05, 0.1) is 33.8 Å². The van der Waals surface area contributed by atoms with E-state index < -0.39 is 0 Å². The van der Waals surface area contributed by atoms with Gasteiger partial charge in [-0.05, 0) is 59.0 Å². The van der Waals surface area contributed by atoms with Gasteiger partial charge in [0, 0.05) is 62.2 Å².